The molecule has 3 rings (SSSR count). The predicted molar refractivity (Wildman–Crippen MR) is 83.8 cm³/mol. The zero-order valence-electron chi connectivity index (χ0n) is 12.8. The molecule has 1 atom stereocenters. The monoisotopic (exact) mass is 288 g/mol. The fourth-order valence-corrected chi connectivity index (χ4v) is 3.43. The summed E-state index contributed by atoms with van der Waals surface area (Å²) in [6, 6.07) is 8.36. The van der Waals surface area contributed by atoms with Crippen molar-refractivity contribution in [3.63, 3.8) is 0 Å². The summed E-state index contributed by atoms with van der Waals surface area (Å²) >= 11 is 0. The van der Waals surface area contributed by atoms with Crippen LogP contribution in [0.2, 0.25) is 0 Å². The molecule has 3 N–H and O–H groups in total. The van der Waals surface area contributed by atoms with Gasteiger partial charge in [-0.2, -0.15) is 0 Å². The second-order valence-corrected chi connectivity index (χ2v) is 5.81. The number of nitrogens with zero attached hydrogens (tertiary/aromatic N) is 2. The van der Waals surface area contributed by atoms with Crippen LogP contribution in [-0.4, -0.2) is 28.3 Å². The summed E-state index contributed by atoms with van der Waals surface area (Å²) in [5.41, 5.74) is 5.06. The Hall–Kier alpha value is -1.43. The molecule has 0 spiro atoms. The Morgan fingerprint density at radius 2 is 2.19 bits per heavy atom. The van der Waals surface area contributed by atoms with Crippen LogP contribution in [0.1, 0.15) is 32.0 Å². The van der Waals surface area contributed by atoms with E-state index in [1.165, 1.54) is 11.9 Å². The van der Waals surface area contributed by atoms with Crippen molar-refractivity contribution in [3.8, 4) is 0 Å². The molecule has 1 aromatic heterocycles. The molecule has 1 unspecified atom stereocenters. The van der Waals surface area contributed by atoms with Gasteiger partial charge in [0.15, 0.2) is 0 Å². The van der Waals surface area contributed by atoms with Gasteiger partial charge in [0.25, 0.3) is 0 Å². The van der Waals surface area contributed by atoms with Gasteiger partial charge in [-0.15, -0.1) is 0 Å². The standard InChI is InChI=1S/C16H24N4O/c1-3-20-13-8-5-4-7-12(13)18-15(20)11-14(19-17)16(21-2)9-6-10-16/h4-5,7-8,14,19H,3,6,9-11,17H2,1-2H3. The highest BCUT2D eigenvalue weighted by Crippen LogP contribution is 2.39. The molecule has 0 aliphatic heterocycles. The van der Waals surface area contributed by atoms with Crippen molar-refractivity contribution in [2.45, 2.75) is 50.8 Å². The van der Waals surface area contributed by atoms with Crippen molar-refractivity contribution in [1.82, 2.24) is 15.0 Å². The van der Waals surface area contributed by atoms with Gasteiger partial charge in [0.05, 0.1) is 22.7 Å². The third kappa shape index (κ3) is 2.35. The molecule has 21 heavy (non-hydrogen) atoms. The average Bonchev–Trinajstić information content (AvgIpc) is 2.82. The Morgan fingerprint density at radius 1 is 1.43 bits per heavy atom. The number of nitrogens with two attached hydrogens (primary N) is 1. The molecule has 1 fully saturated rings. The van der Waals surface area contributed by atoms with E-state index in [0.29, 0.717) is 0 Å². The van der Waals surface area contributed by atoms with E-state index in [-0.39, 0.29) is 11.6 Å². The number of para-hydroxylation sites is 2. The highest BCUT2D eigenvalue weighted by molar-refractivity contribution is 5.75. The van der Waals surface area contributed by atoms with Gasteiger partial charge in [0, 0.05) is 20.1 Å². The van der Waals surface area contributed by atoms with E-state index in [4.69, 9.17) is 15.6 Å². The van der Waals surface area contributed by atoms with E-state index in [1.807, 2.05) is 6.07 Å². The number of aryl methyl sites for hydroxylation is 1. The molecule has 5 heteroatoms. The van der Waals surface area contributed by atoms with Gasteiger partial charge in [-0.05, 0) is 38.3 Å². The van der Waals surface area contributed by atoms with Crippen LogP contribution < -0.4 is 11.3 Å². The second-order valence-electron chi connectivity index (χ2n) is 5.81. The SMILES string of the molecule is CCn1c(CC(NN)C2(OC)CCC2)nc2ccccc21. The smallest absolute Gasteiger partial charge is 0.111 e. The molecule has 5 nitrogen and oxygen atoms in total. The van der Waals surface area contributed by atoms with Crippen LogP contribution in [0.25, 0.3) is 11.0 Å². The lowest BCUT2D eigenvalue weighted by atomic mass is 9.73. The van der Waals surface area contributed by atoms with Gasteiger partial charge in [-0.25, -0.2) is 4.98 Å². The lowest BCUT2D eigenvalue weighted by molar-refractivity contribution is -0.0986. The number of hydrazine groups is 1. The van der Waals surface area contributed by atoms with E-state index in [2.05, 4.69) is 35.1 Å². The number of aromatic nitrogens is 2. The van der Waals surface area contributed by atoms with Gasteiger partial charge in [0.1, 0.15) is 5.82 Å². The number of hydrogen-bond donors (Lipinski definition) is 2. The highest BCUT2D eigenvalue weighted by atomic mass is 16.5. The maximum absolute atomic E-state index is 5.81. The quantitative estimate of drug-likeness (QED) is 0.630. The van der Waals surface area contributed by atoms with E-state index < -0.39 is 0 Å². The van der Waals surface area contributed by atoms with Gasteiger partial charge in [-0.3, -0.25) is 11.3 Å². The van der Waals surface area contributed by atoms with Crippen molar-refractivity contribution in [1.29, 1.82) is 0 Å². The Morgan fingerprint density at radius 3 is 2.76 bits per heavy atom. The maximum atomic E-state index is 5.81. The summed E-state index contributed by atoms with van der Waals surface area (Å²) in [5.74, 6) is 6.88. The average molecular weight is 288 g/mol. The second kappa shape index (κ2) is 5.75. The molecule has 1 aliphatic rings. The van der Waals surface area contributed by atoms with Crippen LogP contribution >= 0.6 is 0 Å². The van der Waals surface area contributed by atoms with Crippen molar-refractivity contribution in [2.75, 3.05) is 7.11 Å². The third-order valence-electron chi connectivity index (χ3n) is 4.88. The molecule has 1 aromatic carbocycles. The van der Waals surface area contributed by atoms with Gasteiger partial charge in [-0.1, -0.05) is 12.1 Å². The first kappa shape index (κ1) is 14.5. The van der Waals surface area contributed by atoms with Crippen LogP contribution in [0.4, 0.5) is 0 Å². The third-order valence-corrected chi connectivity index (χ3v) is 4.88. The molecule has 0 bridgehead atoms. The number of rotatable bonds is 6. The zero-order valence-corrected chi connectivity index (χ0v) is 12.8. The lowest BCUT2D eigenvalue weighted by Crippen LogP contribution is -2.59. The fraction of sp³-hybridized carbons (Fsp3) is 0.562. The lowest BCUT2D eigenvalue weighted by Gasteiger charge is -2.46. The van der Waals surface area contributed by atoms with Crippen LogP contribution in [-0.2, 0) is 17.7 Å². The van der Waals surface area contributed by atoms with Crippen LogP contribution in [0, 0.1) is 0 Å². The first-order valence-corrected chi connectivity index (χ1v) is 7.69. The summed E-state index contributed by atoms with van der Waals surface area (Å²) in [5, 5.41) is 0. The molecule has 0 amide bonds. The number of hydrogen-bond acceptors (Lipinski definition) is 4. The summed E-state index contributed by atoms with van der Waals surface area (Å²) in [6.45, 7) is 3.06. The van der Waals surface area contributed by atoms with Gasteiger partial charge in [0.2, 0.25) is 0 Å². The molecule has 0 saturated heterocycles. The van der Waals surface area contributed by atoms with Crippen molar-refractivity contribution < 1.29 is 4.74 Å². The Bertz CT molecular complexity index is 612. The summed E-state index contributed by atoms with van der Waals surface area (Å²) < 4.78 is 8.03. The zero-order chi connectivity index (χ0) is 14.9. The van der Waals surface area contributed by atoms with E-state index in [0.717, 1.165) is 37.1 Å². The molecular formula is C16H24N4O. The topological polar surface area (TPSA) is 65.1 Å². The van der Waals surface area contributed by atoms with Crippen molar-refractivity contribution >= 4 is 11.0 Å². The summed E-state index contributed by atoms with van der Waals surface area (Å²) in [6.07, 6.45) is 4.11. The van der Waals surface area contributed by atoms with E-state index in [1.54, 1.807) is 7.11 Å². The van der Waals surface area contributed by atoms with Crippen molar-refractivity contribution in [2.24, 2.45) is 5.84 Å². The Kier molecular flexibility index (Phi) is 3.97. The van der Waals surface area contributed by atoms with Gasteiger partial charge >= 0.3 is 0 Å². The number of nitrogens with one attached hydrogen (secondary N) is 1. The molecule has 0 radical (unpaired) electrons. The maximum Gasteiger partial charge on any atom is 0.111 e. The van der Waals surface area contributed by atoms with Crippen LogP contribution in [0.3, 0.4) is 0 Å². The van der Waals surface area contributed by atoms with E-state index >= 15 is 0 Å². The number of benzene rings is 1. The van der Waals surface area contributed by atoms with Crippen LogP contribution in [0.15, 0.2) is 24.3 Å². The summed E-state index contributed by atoms with van der Waals surface area (Å²) in [7, 11) is 1.78. The molecule has 1 heterocycles. The predicted octanol–water partition coefficient (Wildman–Crippen LogP) is 2.00. The normalized spacial score (nSPS) is 18.6. The van der Waals surface area contributed by atoms with Gasteiger partial charge < -0.3 is 9.30 Å². The summed E-state index contributed by atoms with van der Waals surface area (Å²) in [4.78, 5) is 4.79. The number of methoxy groups -OCH3 is 1. The first-order valence-electron chi connectivity index (χ1n) is 7.69. The number of ether oxygens (including phenoxy) is 1. The molecule has 2 aromatic rings. The van der Waals surface area contributed by atoms with E-state index in [9.17, 15) is 0 Å². The molecule has 114 valence electrons. The molecule has 1 saturated carbocycles. The Labute approximate surface area is 125 Å². The molecular weight excluding hydrogens is 264 g/mol. The fourth-order valence-electron chi connectivity index (χ4n) is 3.43. The minimum Gasteiger partial charge on any atom is -0.377 e. The number of imidazole rings is 1. The van der Waals surface area contributed by atoms with Crippen molar-refractivity contribution in [3.05, 3.63) is 30.1 Å². The Balaban J connectivity index is 1.93. The first-order chi connectivity index (χ1) is 10.2. The minimum atomic E-state index is -0.133. The highest BCUT2D eigenvalue weighted by Gasteiger charge is 2.44. The molecule has 1 aliphatic carbocycles. The number of fused-ring (bicyclic) bond motifs is 1. The van der Waals surface area contributed by atoms with Crippen LogP contribution in [0.5, 0.6) is 0 Å². The largest absolute Gasteiger partial charge is 0.377 e. The minimum absolute atomic E-state index is 0.0957.